The van der Waals surface area contributed by atoms with E-state index in [4.69, 9.17) is 27.4 Å². The van der Waals surface area contributed by atoms with Gasteiger partial charge in [-0.1, -0.05) is 59.8 Å². The van der Waals surface area contributed by atoms with Gasteiger partial charge in [-0.15, -0.1) is 0 Å². The first-order valence-electron chi connectivity index (χ1n) is 19.0. The molecule has 0 aliphatic heterocycles. The lowest BCUT2D eigenvalue weighted by atomic mass is 9.43. The molecule has 1 N–H and O–H groups in total. The molecule has 268 valence electrons. The van der Waals surface area contributed by atoms with Crippen LogP contribution < -0.4 is 5.32 Å². The minimum Gasteiger partial charge on any atom is -0.510 e. The van der Waals surface area contributed by atoms with Crippen molar-refractivity contribution < 1.29 is 19.0 Å². The van der Waals surface area contributed by atoms with Crippen molar-refractivity contribution in [2.24, 2.45) is 46.3 Å². The lowest BCUT2D eigenvalue weighted by Gasteiger charge is -2.64. The van der Waals surface area contributed by atoms with Gasteiger partial charge < -0.3 is 19.5 Å². The van der Waals surface area contributed by atoms with Crippen LogP contribution in [-0.4, -0.2) is 30.8 Å². The minimum atomic E-state index is -0.142. The molecule has 0 spiro atoms. The molecule has 4 unspecified atom stereocenters. The molecule has 0 heterocycles. The number of nitriles is 1. The Morgan fingerprint density at radius 1 is 0.959 bits per heavy atom. The van der Waals surface area contributed by atoms with Crippen molar-refractivity contribution in [3.8, 4) is 6.07 Å². The summed E-state index contributed by atoms with van der Waals surface area (Å²) in [6.07, 6.45) is 24.5. The average molecular weight is 673 g/mol. The number of carbonyl (C=O) groups is 1. The maximum atomic E-state index is 12.9. The highest BCUT2D eigenvalue weighted by Gasteiger charge is 2.67. The molecule has 0 aromatic carbocycles. The van der Waals surface area contributed by atoms with E-state index in [0.717, 1.165) is 64.3 Å². The Bertz CT molecular complexity index is 1290. The summed E-state index contributed by atoms with van der Waals surface area (Å²) in [5.41, 5.74) is -0.0619. The summed E-state index contributed by atoms with van der Waals surface area (Å²) in [6, 6.07) is 2.10. The molecule has 49 heavy (non-hydrogen) atoms. The summed E-state index contributed by atoms with van der Waals surface area (Å²) < 4.78 is 19.1. The Kier molecular flexibility index (Phi) is 14.5. The number of unbranched alkanes of at least 4 members (excludes halogenated alkanes) is 5. The Hall–Kier alpha value is -3.44. The third kappa shape index (κ3) is 9.03. The summed E-state index contributed by atoms with van der Waals surface area (Å²) in [5.74, 6) is 2.31. The van der Waals surface area contributed by atoms with Crippen LogP contribution >= 0.6 is 0 Å². The van der Waals surface area contributed by atoms with Crippen molar-refractivity contribution in [1.29, 1.82) is 5.26 Å². The Morgan fingerprint density at radius 3 is 2.43 bits per heavy atom. The Morgan fingerprint density at radius 2 is 1.69 bits per heavy atom. The third-order valence-electron chi connectivity index (χ3n) is 13.3. The predicted octanol–water partition coefficient (Wildman–Crippen LogP) is 9.73. The van der Waals surface area contributed by atoms with Gasteiger partial charge in [0.2, 0.25) is 5.91 Å². The molecular weight excluding hydrogens is 612 g/mol. The van der Waals surface area contributed by atoms with E-state index in [0.29, 0.717) is 41.9 Å². The predicted molar refractivity (Wildman–Crippen MR) is 192 cm³/mol. The molecule has 4 rings (SSSR count). The van der Waals surface area contributed by atoms with Crippen LogP contribution in [0.1, 0.15) is 124 Å². The zero-order valence-electron chi connectivity index (χ0n) is 30.4. The van der Waals surface area contributed by atoms with Gasteiger partial charge in [0.25, 0.3) is 0 Å². The average Bonchev–Trinajstić information content (AvgIpc) is 3.45. The van der Waals surface area contributed by atoms with Crippen LogP contribution in [0.15, 0.2) is 37.3 Å². The van der Waals surface area contributed by atoms with Crippen LogP contribution in [0, 0.1) is 70.8 Å². The number of allylic oxidation sites excluding steroid dienone is 1. The van der Waals surface area contributed by atoms with Crippen molar-refractivity contribution >= 4 is 5.91 Å². The molecule has 0 aromatic heterocycles. The molecule has 0 aromatic rings. The van der Waals surface area contributed by atoms with Gasteiger partial charge in [0, 0.05) is 24.3 Å². The monoisotopic (exact) mass is 672 g/mol. The van der Waals surface area contributed by atoms with E-state index in [1.165, 1.54) is 56.8 Å². The van der Waals surface area contributed by atoms with Crippen molar-refractivity contribution in [1.82, 2.24) is 5.32 Å². The number of ether oxygens (including phenoxy) is 3. The number of hydrogen-bond acceptors (Lipinski definition) is 5. The fourth-order valence-electron chi connectivity index (χ4n) is 10.8. The summed E-state index contributed by atoms with van der Waals surface area (Å²) in [6.45, 7) is 24.6. The van der Waals surface area contributed by atoms with E-state index in [2.05, 4.69) is 48.8 Å². The molecular formula is C41H60N4O4. The Balaban J connectivity index is 1.52. The number of amides is 1. The number of rotatable bonds is 17. The normalized spacial score (nSPS) is 35.8. The van der Waals surface area contributed by atoms with Gasteiger partial charge in [0.1, 0.15) is 12.2 Å². The van der Waals surface area contributed by atoms with Gasteiger partial charge >= 0.3 is 0 Å². The topological polar surface area (TPSA) is 89.3 Å². The number of nitrogens with zero attached hydrogens (tertiary/aromatic N) is 3. The van der Waals surface area contributed by atoms with Gasteiger partial charge in [-0.3, -0.25) is 4.79 Å². The summed E-state index contributed by atoms with van der Waals surface area (Å²) in [4.78, 5) is 19.6. The second-order valence-corrected chi connectivity index (χ2v) is 15.7. The highest BCUT2D eigenvalue weighted by Crippen LogP contribution is 2.69. The van der Waals surface area contributed by atoms with Crippen LogP contribution in [-0.2, 0) is 19.0 Å². The highest BCUT2D eigenvalue weighted by atomic mass is 16.5. The van der Waals surface area contributed by atoms with Gasteiger partial charge in [-0.05, 0) is 92.8 Å². The van der Waals surface area contributed by atoms with Crippen molar-refractivity contribution in [3.05, 3.63) is 60.1 Å². The molecule has 0 saturated heterocycles. The summed E-state index contributed by atoms with van der Waals surface area (Å²) in [7, 11) is 0. The largest absolute Gasteiger partial charge is 0.510 e. The quantitative estimate of drug-likeness (QED) is 0.0719. The smallest absolute Gasteiger partial charge is 0.220 e. The SMILES string of the molecule is [C-]#[N+]/C=C/O[C@@H]1CC[C@@]2(C)C(CC(O/C=C/C#N)C3[C@@H]4CCC([C@@H](C)CCC(=O)NCCCCCCCC)[C@@]4(C)[C@@H](O/C=C/[N+]#[C-])C[C@@H]32)C1. The Labute approximate surface area is 296 Å². The molecule has 4 fully saturated rings. The van der Waals surface area contributed by atoms with Crippen LogP contribution in [0.3, 0.4) is 0 Å². The van der Waals surface area contributed by atoms with Crippen LogP contribution in [0.2, 0.25) is 0 Å². The molecule has 0 radical (unpaired) electrons. The first kappa shape index (κ1) is 38.4. The first-order chi connectivity index (χ1) is 23.7. The van der Waals surface area contributed by atoms with E-state index < -0.39 is 0 Å². The number of hydrogen-bond donors (Lipinski definition) is 1. The second-order valence-electron chi connectivity index (χ2n) is 15.7. The zero-order chi connectivity index (χ0) is 35.3. The third-order valence-corrected chi connectivity index (χ3v) is 13.3. The maximum Gasteiger partial charge on any atom is 0.220 e. The van der Waals surface area contributed by atoms with E-state index in [-0.39, 0.29) is 35.0 Å². The summed E-state index contributed by atoms with van der Waals surface area (Å²) >= 11 is 0. The van der Waals surface area contributed by atoms with E-state index in [1.54, 1.807) is 12.5 Å². The maximum absolute atomic E-state index is 12.9. The van der Waals surface area contributed by atoms with Gasteiger partial charge in [0.15, 0.2) is 12.4 Å². The first-order valence-corrected chi connectivity index (χ1v) is 19.0. The number of fused-ring (bicyclic) bond motifs is 5. The lowest BCUT2D eigenvalue weighted by Crippen LogP contribution is -2.63. The molecule has 4 aliphatic rings. The van der Waals surface area contributed by atoms with Gasteiger partial charge in [-0.25, -0.2) is 9.69 Å². The van der Waals surface area contributed by atoms with Crippen molar-refractivity contribution in [2.75, 3.05) is 6.54 Å². The second kappa shape index (κ2) is 18.5. The fourth-order valence-corrected chi connectivity index (χ4v) is 10.8. The van der Waals surface area contributed by atoms with E-state index in [1.807, 2.05) is 0 Å². The van der Waals surface area contributed by atoms with Crippen molar-refractivity contribution in [3.63, 3.8) is 0 Å². The molecule has 4 aliphatic carbocycles. The van der Waals surface area contributed by atoms with E-state index in [9.17, 15) is 10.1 Å². The molecule has 8 heteroatoms. The van der Waals surface area contributed by atoms with Crippen molar-refractivity contribution in [2.45, 2.75) is 142 Å². The highest BCUT2D eigenvalue weighted by molar-refractivity contribution is 5.75. The molecule has 4 saturated carbocycles. The zero-order valence-corrected chi connectivity index (χ0v) is 30.4. The number of carbonyl (C=O) groups excluding carboxylic acids is 1. The summed E-state index contributed by atoms with van der Waals surface area (Å²) in [5, 5.41) is 12.4. The van der Waals surface area contributed by atoms with Crippen LogP contribution in [0.4, 0.5) is 0 Å². The standard InChI is InChI=1S/C41H60N4O4/c1-7-8-9-10-11-12-21-45-38(46)17-14-30(2)33-15-16-34-39-35(29-37(41(33,34)4)49-26-23-44-6)40(3)19-18-32(47-25-22-43-5)27-31(40)28-36(39)48-24-13-20-42/h13,22-26,30-37,39H,7-12,14-19,21,27-29H2,1-4H3,(H,45,46)/b24-13+,25-22+,26-23+/t30-,31?,32+,33?,34-,35-,36?,37-,39?,40-,41+/m0/s1. The van der Waals surface area contributed by atoms with Gasteiger partial charge in [0.05, 0.1) is 50.2 Å². The molecule has 11 atom stereocenters. The van der Waals surface area contributed by atoms with Gasteiger partial charge in [-0.2, -0.15) is 5.26 Å². The molecule has 0 bridgehead atoms. The minimum absolute atomic E-state index is 0.0175. The molecule has 8 nitrogen and oxygen atoms in total. The van der Waals surface area contributed by atoms with Crippen LogP contribution in [0.5, 0.6) is 0 Å². The molecule has 1 amide bonds. The van der Waals surface area contributed by atoms with Crippen LogP contribution in [0.25, 0.3) is 9.69 Å². The lowest BCUT2D eigenvalue weighted by molar-refractivity contribution is -0.209. The number of nitrogens with one attached hydrogen (secondary N) is 1. The van der Waals surface area contributed by atoms with E-state index >= 15 is 0 Å². The fraction of sp³-hybridized carbons (Fsp3) is 0.756.